The molecule has 0 bridgehead atoms. The Hall–Kier alpha value is -0.380. The van der Waals surface area contributed by atoms with Crippen molar-refractivity contribution in [1.82, 2.24) is 4.90 Å². The first kappa shape index (κ1) is 10.8. The van der Waals surface area contributed by atoms with Crippen LogP contribution in [0.3, 0.4) is 0 Å². The van der Waals surface area contributed by atoms with Gasteiger partial charge in [-0.1, -0.05) is 12.8 Å². The van der Waals surface area contributed by atoms with Gasteiger partial charge in [-0.15, -0.1) is 0 Å². The van der Waals surface area contributed by atoms with Crippen LogP contribution in [0.25, 0.3) is 0 Å². The maximum Gasteiger partial charge on any atom is 0.0924 e. The van der Waals surface area contributed by atoms with Crippen LogP contribution in [0.4, 0.5) is 0 Å². The lowest BCUT2D eigenvalue weighted by Gasteiger charge is -2.49. The largest absolute Gasteiger partial charge is 0.387 e. The first-order chi connectivity index (χ1) is 7.77. The molecule has 2 nitrogen and oxygen atoms in total. The summed E-state index contributed by atoms with van der Waals surface area (Å²) >= 11 is 1.66. The summed E-state index contributed by atoms with van der Waals surface area (Å²) in [5, 5.41) is 14.1. The van der Waals surface area contributed by atoms with Gasteiger partial charge in [0.15, 0.2) is 0 Å². The van der Waals surface area contributed by atoms with Crippen molar-refractivity contribution < 1.29 is 5.11 Å². The number of nitrogens with zero attached hydrogens (tertiary/aromatic N) is 1. The second-order valence-electron chi connectivity index (χ2n) is 5.45. The molecule has 0 radical (unpaired) electrons. The first-order valence-corrected chi connectivity index (χ1v) is 7.14. The molecule has 1 N–H and O–H groups in total. The lowest BCUT2D eigenvalue weighted by molar-refractivity contribution is -0.0238. The third kappa shape index (κ3) is 1.92. The molecule has 2 aliphatic rings. The molecule has 1 aliphatic carbocycles. The molecule has 1 aliphatic heterocycles. The third-order valence-electron chi connectivity index (χ3n) is 4.14. The summed E-state index contributed by atoms with van der Waals surface area (Å²) in [5.41, 5.74) is 1.73. The Morgan fingerprint density at radius 1 is 1.38 bits per heavy atom. The smallest absolute Gasteiger partial charge is 0.0924 e. The summed E-state index contributed by atoms with van der Waals surface area (Å²) in [6.07, 6.45) is 5.38. The van der Waals surface area contributed by atoms with E-state index in [1.165, 1.54) is 38.8 Å². The molecule has 1 aromatic rings. The molecule has 2 fully saturated rings. The van der Waals surface area contributed by atoms with Crippen LogP contribution < -0.4 is 0 Å². The molecule has 1 aromatic heterocycles. The van der Waals surface area contributed by atoms with Gasteiger partial charge in [0.1, 0.15) is 0 Å². The summed E-state index contributed by atoms with van der Waals surface area (Å²) in [5.74, 6) is 0. The van der Waals surface area contributed by atoms with E-state index in [4.69, 9.17) is 0 Å². The SMILES string of the molecule is OC(CN1CC2(CCCC2)C1)c1ccsc1. The third-order valence-corrected chi connectivity index (χ3v) is 4.84. The van der Waals surface area contributed by atoms with Gasteiger partial charge in [0.05, 0.1) is 6.10 Å². The fraction of sp³-hybridized carbons (Fsp3) is 0.692. The number of aliphatic hydroxyl groups excluding tert-OH is 1. The molecule has 1 unspecified atom stereocenters. The predicted molar refractivity (Wildman–Crippen MR) is 66.6 cm³/mol. The van der Waals surface area contributed by atoms with E-state index in [0.29, 0.717) is 5.41 Å². The van der Waals surface area contributed by atoms with E-state index in [2.05, 4.69) is 10.3 Å². The number of likely N-dealkylation sites (tertiary alicyclic amines) is 1. The Morgan fingerprint density at radius 3 is 2.75 bits per heavy atom. The molecule has 1 saturated carbocycles. The summed E-state index contributed by atoms with van der Waals surface area (Å²) in [4.78, 5) is 2.41. The van der Waals surface area contributed by atoms with Gasteiger partial charge in [0, 0.05) is 19.6 Å². The van der Waals surface area contributed by atoms with Crippen LogP contribution in [0.15, 0.2) is 16.8 Å². The first-order valence-electron chi connectivity index (χ1n) is 6.20. The lowest BCUT2D eigenvalue weighted by Crippen LogP contribution is -2.55. The van der Waals surface area contributed by atoms with Crippen molar-refractivity contribution in [2.24, 2.45) is 5.41 Å². The Kier molecular flexibility index (Phi) is 2.78. The van der Waals surface area contributed by atoms with Crippen molar-refractivity contribution in [1.29, 1.82) is 0 Å². The average molecular weight is 237 g/mol. The standard InChI is InChI=1S/C13H19NOS/c15-12(11-3-6-16-8-11)7-14-9-13(10-14)4-1-2-5-13/h3,6,8,12,15H,1-2,4-5,7,9-10H2. The van der Waals surface area contributed by atoms with Crippen LogP contribution in [0.2, 0.25) is 0 Å². The zero-order valence-electron chi connectivity index (χ0n) is 9.56. The number of rotatable bonds is 3. The van der Waals surface area contributed by atoms with Crippen LogP contribution in [0.1, 0.15) is 37.4 Å². The van der Waals surface area contributed by atoms with Crippen LogP contribution in [0, 0.1) is 5.41 Å². The average Bonchev–Trinajstić information content (AvgIpc) is 2.86. The number of hydrogen-bond acceptors (Lipinski definition) is 3. The summed E-state index contributed by atoms with van der Waals surface area (Å²) in [6.45, 7) is 3.25. The van der Waals surface area contributed by atoms with Gasteiger partial charge in [-0.05, 0) is 40.6 Å². The quantitative estimate of drug-likeness (QED) is 0.873. The van der Waals surface area contributed by atoms with Crippen molar-refractivity contribution in [2.75, 3.05) is 19.6 Å². The fourth-order valence-electron chi connectivity index (χ4n) is 3.29. The molecule has 3 rings (SSSR count). The van der Waals surface area contributed by atoms with E-state index in [9.17, 15) is 5.11 Å². The molecule has 16 heavy (non-hydrogen) atoms. The van der Waals surface area contributed by atoms with Gasteiger partial charge in [-0.25, -0.2) is 0 Å². The maximum atomic E-state index is 10.0. The molecule has 1 atom stereocenters. The second kappa shape index (κ2) is 4.13. The van der Waals surface area contributed by atoms with Gasteiger partial charge in [-0.3, -0.25) is 4.90 Å². The van der Waals surface area contributed by atoms with Crippen molar-refractivity contribution in [2.45, 2.75) is 31.8 Å². The molecule has 0 aromatic carbocycles. The van der Waals surface area contributed by atoms with Crippen molar-refractivity contribution in [3.05, 3.63) is 22.4 Å². The summed E-state index contributed by atoms with van der Waals surface area (Å²) in [7, 11) is 0. The van der Waals surface area contributed by atoms with Crippen molar-refractivity contribution in [3.63, 3.8) is 0 Å². The van der Waals surface area contributed by atoms with Gasteiger partial charge in [0.25, 0.3) is 0 Å². The highest BCUT2D eigenvalue weighted by Crippen LogP contribution is 2.45. The number of β-amino-alcohol motifs (C(OH)–C–C–N with tert-alkyl or cyclic N) is 1. The minimum atomic E-state index is -0.287. The topological polar surface area (TPSA) is 23.5 Å². The van der Waals surface area contributed by atoms with E-state index in [1.54, 1.807) is 11.3 Å². The molecule has 1 spiro atoms. The zero-order chi connectivity index (χ0) is 11.0. The molecule has 1 saturated heterocycles. The van der Waals surface area contributed by atoms with Crippen molar-refractivity contribution >= 4 is 11.3 Å². The molecule has 0 amide bonds. The molecular weight excluding hydrogens is 218 g/mol. The van der Waals surface area contributed by atoms with E-state index in [-0.39, 0.29) is 6.10 Å². The van der Waals surface area contributed by atoms with Crippen LogP contribution in [-0.4, -0.2) is 29.6 Å². The number of thiophene rings is 1. The fourth-order valence-corrected chi connectivity index (χ4v) is 3.99. The van der Waals surface area contributed by atoms with Crippen LogP contribution in [-0.2, 0) is 0 Å². The van der Waals surface area contributed by atoms with Crippen LogP contribution >= 0.6 is 11.3 Å². The monoisotopic (exact) mass is 237 g/mol. The van der Waals surface area contributed by atoms with E-state index in [1.807, 2.05) is 11.4 Å². The highest BCUT2D eigenvalue weighted by Gasteiger charge is 2.44. The molecule has 2 heterocycles. The second-order valence-corrected chi connectivity index (χ2v) is 6.23. The molecular formula is C13H19NOS. The highest BCUT2D eigenvalue weighted by molar-refractivity contribution is 7.07. The van der Waals surface area contributed by atoms with Gasteiger partial charge < -0.3 is 5.11 Å². The highest BCUT2D eigenvalue weighted by atomic mass is 32.1. The molecule has 88 valence electrons. The Balaban J connectivity index is 1.51. The van der Waals surface area contributed by atoms with Crippen LogP contribution in [0.5, 0.6) is 0 Å². The van der Waals surface area contributed by atoms with Gasteiger partial charge in [0.2, 0.25) is 0 Å². The Morgan fingerprint density at radius 2 is 2.12 bits per heavy atom. The Labute approximate surface area is 101 Å². The minimum Gasteiger partial charge on any atom is -0.387 e. The van der Waals surface area contributed by atoms with Crippen molar-refractivity contribution in [3.8, 4) is 0 Å². The van der Waals surface area contributed by atoms with Gasteiger partial charge >= 0.3 is 0 Å². The van der Waals surface area contributed by atoms with E-state index >= 15 is 0 Å². The summed E-state index contributed by atoms with van der Waals surface area (Å²) in [6, 6.07) is 2.03. The number of aliphatic hydroxyl groups is 1. The normalized spacial score (nSPS) is 25.8. The van der Waals surface area contributed by atoms with E-state index < -0.39 is 0 Å². The maximum absolute atomic E-state index is 10.0. The number of hydrogen-bond donors (Lipinski definition) is 1. The Bertz CT molecular complexity index is 335. The predicted octanol–water partition coefficient (Wildman–Crippen LogP) is 2.66. The zero-order valence-corrected chi connectivity index (χ0v) is 10.4. The van der Waals surface area contributed by atoms with Gasteiger partial charge in [-0.2, -0.15) is 11.3 Å². The lowest BCUT2D eigenvalue weighted by atomic mass is 9.78. The van der Waals surface area contributed by atoms with E-state index in [0.717, 1.165) is 12.1 Å². The minimum absolute atomic E-state index is 0.287. The summed E-state index contributed by atoms with van der Waals surface area (Å²) < 4.78 is 0. The molecule has 3 heteroatoms.